The molecule has 0 saturated carbocycles. The van der Waals surface area contributed by atoms with E-state index in [0.717, 1.165) is 19.5 Å². The molecule has 3 N–H and O–H groups in total. The van der Waals surface area contributed by atoms with E-state index in [4.69, 9.17) is 4.42 Å². The maximum atomic E-state index is 12.3. The molecule has 3 rings (SSSR count). The first-order chi connectivity index (χ1) is 10.6. The van der Waals surface area contributed by atoms with Gasteiger partial charge in [0.1, 0.15) is 11.3 Å². The van der Waals surface area contributed by atoms with Crippen LogP contribution in [0.25, 0.3) is 11.5 Å². The van der Waals surface area contributed by atoms with Crippen LogP contribution in [0.3, 0.4) is 0 Å². The number of hydrogen-bond donors (Lipinski definition) is 3. The molecule has 1 amide bonds. The minimum absolute atomic E-state index is 0.0467. The summed E-state index contributed by atoms with van der Waals surface area (Å²) in [7, 11) is 0. The molecule has 2 atom stereocenters. The number of H-pyrrole nitrogens is 1. The highest BCUT2D eigenvalue weighted by Gasteiger charge is 2.24. The largest absolute Gasteiger partial charge is 0.463 e. The van der Waals surface area contributed by atoms with Gasteiger partial charge < -0.3 is 20.0 Å². The predicted molar refractivity (Wildman–Crippen MR) is 82.7 cm³/mol. The summed E-state index contributed by atoms with van der Waals surface area (Å²) < 4.78 is 5.23. The third kappa shape index (κ3) is 2.96. The Balaban J connectivity index is 1.77. The molecular weight excluding hydrogens is 282 g/mol. The Labute approximate surface area is 127 Å². The van der Waals surface area contributed by atoms with Crippen molar-refractivity contribution in [3.8, 4) is 11.5 Å². The maximum absolute atomic E-state index is 12.3. The van der Waals surface area contributed by atoms with Crippen molar-refractivity contribution < 1.29 is 9.21 Å². The number of amides is 1. The van der Waals surface area contributed by atoms with Gasteiger partial charge in [0.2, 0.25) is 0 Å². The van der Waals surface area contributed by atoms with Gasteiger partial charge in [0.05, 0.1) is 12.0 Å². The SMILES string of the molecule is CC1CCNCC1NC(=O)c1ccc(-c2ccco2)[nH]c1=O. The fraction of sp³-hybridized carbons (Fsp3) is 0.375. The molecule has 0 spiro atoms. The smallest absolute Gasteiger partial charge is 0.261 e. The molecule has 0 bridgehead atoms. The lowest BCUT2D eigenvalue weighted by Crippen LogP contribution is -2.50. The van der Waals surface area contributed by atoms with Gasteiger partial charge in [-0.3, -0.25) is 9.59 Å². The molecule has 2 unspecified atom stereocenters. The van der Waals surface area contributed by atoms with Crippen molar-refractivity contribution in [1.82, 2.24) is 15.6 Å². The molecule has 1 aliphatic rings. The molecule has 0 radical (unpaired) electrons. The van der Waals surface area contributed by atoms with Crippen LogP contribution in [0, 0.1) is 5.92 Å². The van der Waals surface area contributed by atoms with E-state index < -0.39 is 5.56 Å². The standard InChI is InChI=1S/C16H19N3O3/c1-10-6-7-17-9-13(10)19-16(21)11-4-5-12(18-15(11)20)14-3-2-8-22-14/h2-5,8,10,13,17H,6-7,9H2,1H3,(H,18,20)(H,19,21). The Morgan fingerprint density at radius 1 is 1.36 bits per heavy atom. The van der Waals surface area contributed by atoms with E-state index in [1.807, 2.05) is 0 Å². The van der Waals surface area contributed by atoms with Gasteiger partial charge in [-0.25, -0.2) is 0 Å². The second-order valence-corrected chi connectivity index (χ2v) is 5.64. The molecule has 6 nitrogen and oxygen atoms in total. The fourth-order valence-corrected chi connectivity index (χ4v) is 2.66. The van der Waals surface area contributed by atoms with E-state index in [-0.39, 0.29) is 17.5 Å². The molecule has 1 fully saturated rings. The summed E-state index contributed by atoms with van der Waals surface area (Å²) in [4.78, 5) is 27.1. The zero-order chi connectivity index (χ0) is 15.5. The molecule has 116 valence electrons. The van der Waals surface area contributed by atoms with E-state index in [2.05, 4.69) is 22.5 Å². The van der Waals surface area contributed by atoms with Gasteiger partial charge in [-0.15, -0.1) is 0 Å². The van der Waals surface area contributed by atoms with Crippen molar-refractivity contribution in [3.63, 3.8) is 0 Å². The Morgan fingerprint density at radius 2 is 2.23 bits per heavy atom. The van der Waals surface area contributed by atoms with Gasteiger partial charge in [0.25, 0.3) is 11.5 Å². The quantitative estimate of drug-likeness (QED) is 0.799. The average molecular weight is 301 g/mol. The van der Waals surface area contributed by atoms with Crippen LogP contribution in [0.5, 0.6) is 0 Å². The second kappa shape index (κ2) is 6.19. The zero-order valence-corrected chi connectivity index (χ0v) is 12.4. The van der Waals surface area contributed by atoms with Crippen LogP contribution < -0.4 is 16.2 Å². The van der Waals surface area contributed by atoms with Crippen molar-refractivity contribution in [2.45, 2.75) is 19.4 Å². The molecular formula is C16H19N3O3. The number of carbonyl (C=O) groups excluding carboxylic acids is 1. The first-order valence-corrected chi connectivity index (χ1v) is 7.44. The zero-order valence-electron chi connectivity index (χ0n) is 12.4. The summed E-state index contributed by atoms with van der Waals surface area (Å²) in [5, 5.41) is 6.19. The first kappa shape index (κ1) is 14.6. The number of aromatic nitrogens is 1. The Hall–Kier alpha value is -2.34. The van der Waals surface area contributed by atoms with Crippen molar-refractivity contribution in [1.29, 1.82) is 0 Å². The lowest BCUT2D eigenvalue weighted by atomic mass is 9.94. The average Bonchev–Trinajstić information content (AvgIpc) is 3.03. The van der Waals surface area contributed by atoms with Gasteiger partial charge in [0.15, 0.2) is 0 Å². The summed E-state index contributed by atoms with van der Waals surface area (Å²) >= 11 is 0. The molecule has 3 heterocycles. The fourth-order valence-electron chi connectivity index (χ4n) is 2.66. The number of aromatic amines is 1. The van der Waals surface area contributed by atoms with Gasteiger partial charge in [-0.2, -0.15) is 0 Å². The van der Waals surface area contributed by atoms with E-state index in [0.29, 0.717) is 17.4 Å². The van der Waals surface area contributed by atoms with Gasteiger partial charge in [-0.05, 0) is 43.1 Å². The Bertz CT molecular complexity index is 706. The van der Waals surface area contributed by atoms with Crippen molar-refractivity contribution in [2.24, 2.45) is 5.92 Å². The lowest BCUT2D eigenvalue weighted by molar-refractivity contribution is 0.0913. The Morgan fingerprint density at radius 3 is 2.91 bits per heavy atom. The second-order valence-electron chi connectivity index (χ2n) is 5.64. The van der Waals surface area contributed by atoms with Gasteiger partial charge >= 0.3 is 0 Å². The van der Waals surface area contributed by atoms with Crippen LogP contribution in [-0.2, 0) is 0 Å². The monoisotopic (exact) mass is 301 g/mol. The number of hydrogen-bond acceptors (Lipinski definition) is 4. The number of piperidine rings is 1. The summed E-state index contributed by atoms with van der Waals surface area (Å²) in [5.41, 5.74) is 0.259. The summed E-state index contributed by atoms with van der Waals surface area (Å²) in [5.74, 6) is 0.619. The van der Waals surface area contributed by atoms with Crippen LogP contribution in [-0.4, -0.2) is 30.0 Å². The predicted octanol–water partition coefficient (Wildman–Crippen LogP) is 1.36. The van der Waals surface area contributed by atoms with E-state index in [1.54, 1.807) is 18.2 Å². The number of pyridine rings is 1. The third-order valence-corrected chi connectivity index (χ3v) is 4.08. The van der Waals surface area contributed by atoms with E-state index in [9.17, 15) is 9.59 Å². The van der Waals surface area contributed by atoms with Crippen LogP contribution in [0.2, 0.25) is 0 Å². The van der Waals surface area contributed by atoms with Crippen LogP contribution in [0.15, 0.2) is 39.7 Å². The van der Waals surface area contributed by atoms with Crippen molar-refractivity contribution in [2.75, 3.05) is 13.1 Å². The normalized spacial score (nSPS) is 21.5. The minimum Gasteiger partial charge on any atom is -0.463 e. The summed E-state index contributed by atoms with van der Waals surface area (Å²) in [6, 6.07) is 6.75. The molecule has 2 aromatic rings. The summed E-state index contributed by atoms with van der Waals surface area (Å²) in [6.45, 7) is 3.80. The molecule has 1 aliphatic heterocycles. The van der Waals surface area contributed by atoms with Crippen LogP contribution >= 0.6 is 0 Å². The third-order valence-electron chi connectivity index (χ3n) is 4.08. The molecule has 0 aliphatic carbocycles. The molecule has 22 heavy (non-hydrogen) atoms. The minimum atomic E-state index is -0.414. The molecule has 6 heteroatoms. The van der Waals surface area contributed by atoms with Gasteiger partial charge in [0, 0.05) is 12.6 Å². The first-order valence-electron chi connectivity index (χ1n) is 7.44. The Kier molecular flexibility index (Phi) is 4.11. The van der Waals surface area contributed by atoms with Crippen LogP contribution in [0.1, 0.15) is 23.7 Å². The number of carbonyl (C=O) groups is 1. The van der Waals surface area contributed by atoms with Crippen molar-refractivity contribution in [3.05, 3.63) is 46.4 Å². The number of nitrogens with one attached hydrogen (secondary N) is 3. The number of rotatable bonds is 3. The topological polar surface area (TPSA) is 87.1 Å². The molecule has 1 saturated heterocycles. The lowest BCUT2D eigenvalue weighted by Gasteiger charge is -2.30. The van der Waals surface area contributed by atoms with E-state index in [1.165, 1.54) is 12.3 Å². The number of furan rings is 1. The van der Waals surface area contributed by atoms with Gasteiger partial charge in [-0.1, -0.05) is 6.92 Å². The summed E-state index contributed by atoms with van der Waals surface area (Å²) in [6.07, 6.45) is 2.55. The highest BCUT2D eigenvalue weighted by atomic mass is 16.3. The van der Waals surface area contributed by atoms with E-state index >= 15 is 0 Å². The highest BCUT2D eigenvalue weighted by molar-refractivity contribution is 5.94. The highest BCUT2D eigenvalue weighted by Crippen LogP contribution is 2.16. The molecule has 2 aromatic heterocycles. The molecule has 0 aromatic carbocycles. The van der Waals surface area contributed by atoms with Crippen LogP contribution in [0.4, 0.5) is 0 Å². The maximum Gasteiger partial charge on any atom is 0.261 e. The van der Waals surface area contributed by atoms with Crippen molar-refractivity contribution >= 4 is 5.91 Å².